The first-order valence-electron chi connectivity index (χ1n) is 7.43. The lowest BCUT2D eigenvalue weighted by molar-refractivity contribution is 0.0467. The molecule has 0 aliphatic rings. The molecule has 2 aromatic carbocycles. The Labute approximate surface area is 142 Å². The Morgan fingerprint density at radius 3 is 2.71 bits per heavy atom. The van der Waals surface area contributed by atoms with Crippen LogP contribution in [0.2, 0.25) is 0 Å². The van der Waals surface area contributed by atoms with Crippen molar-refractivity contribution in [3.05, 3.63) is 64.9 Å². The van der Waals surface area contributed by atoms with Crippen LogP contribution in [0.1, 0.15) is 21.7 Å². The highest BCUT2D eigenvalue weighted by Crippen LogP contribution is 2.20. The van der Waals surface area contributed by atoms with Gasteiger partial charge in [0.25, 0.3) is 0 Å². The van der Waals surface area contributed by atoms with E-state index in [0.717, 1.165) is 26.9 Å². The minimum Gasteiger partial charge on any atom is -0.456 e. The number of thiazole rings is 1. The van der Waals surface area contributed by atoms with E-state index in [-0.39, 0.29) is 12.6 Å². The van der Waals surface area contributed by atoms with E-state index in [0.29, 0.717) is 11.3 Å². The van der Waals surface area contributed by atoms with Crippen LogP contribution < -0.4 is 0 Å². The van der Waals surface area contributed by atoms with Crippen molar-refractivity contribution in [2.45, 2.75) is 13.5 Å². The zero-order chi connectivity index (χ0) is 16.5. The van der Waals surface area contributed by atoms with Crippen LogP contribution in [-0.4, -0.2) is 20.9 Å². The summed E-state index contributed by atoms with van der Waals surface area (Å²) >= 11 is 1.50. The van der Waals surface area contributed by atoms with E-state index in [1.54, 1.807) is 17.6 Å². The monoisotopic (exact) mass is 335 g/mol. The molecule has 5 nitrogen and oxygen atoms in total. The van der Waals surface area contributed by atoms with Crippen molar-refractivity contribution in [2.75, 3.05) is 0 Å². The summed E-state index contributed by atoms with van der Waals surface area (Å²) in [4.78, 5) is 25.5. The van der Waals surface area contributed by atoms with E-state index >= 15 is 0 Å². The van der Waals surface area contributed by atoms with Gasteiger partial charge in [0, 0.05) is 0 Å². The second kappa shape index (κ2) is 5.98. The van der Waals surface area contributed by atoms with Gasteiger partial charge < -0.3 is 4.74 Å². The summed E-state index contributed by atoms with van der Waals surface area (Å²) in [5, 5.41) is 0. The topological polar surface area (TPSA) is 65.0 Å². The summed E-state index contributed by atoms with van der Waals surface area (Å²) in [7, 11) is 0. The van der Waals surface area contributed by atoms with Gasteiger partial charge in [0.2, 0.25) is 0 Å². The molecule has 0 amide bonds. The molecule has 0 saturated carbocycles. The third-order valence-electron chi connectivity index (χ3n) is 3.75. The van der Waals surface area contributed by atoms with Gasteiger partial charge in [-0.05, 0) is 37.3 Å². The highest BCUT2D eigenvalue weighted by molar-refractivity contribution is 7.16. The molecule has 4 aromatic rings. The highest BCUT2D eigenvalue weighted by atomic mass is 32.1. The molecular weight excluding hydrogens is 322 g/mol. The summed E-state index contributed by atoms with van der Waals surface area (Å²) < 4.78 is 6.38. The fourth-order valence-electron chi connectivity index (χ4n) is 2.46. The maximum absolute atomic E-state index is 12.3. The van der Waals surface area contributed by atoms with E-state index in [2.05, 4.69) is 15.0 Å². The number of esters is 1. The molecule has 24 heavy (non-hydrogen) atoms. The summed E-state index contributed by atoms with van der Waals surface area (Å²) in [6.45, 7) is 1.97. The van der Waals surface area contributed by atoms with Crippen molar-refractivity contribution in [3.8, 4) is 0 Å². The molecule has 0 bridgehead atoms. The Hall–Kier alpha value is -2.86. The predicted molar refractivity (Wildman–Crippen MR) is 93.0 cm³/mol. The Bertz CT molecular complexity index is 1060. The Kier molecular flexibility index (Phi) is 3.66. The summed E-state index contributed by atoms with van der Waals surface area (Å²) in [5.41, 5.74) is 6.21. The maximum atomic E-state index is 12.3. The van der Waals surface area contributed by atoms with E-state index in [9.17, 15) is 4.79 Å². The molecule has 0 aliphatic carbocycles. The van der Waals surface area contributed by atoms with Gasteiger partial charge >= 0.3 is 5.97 Å². The minimum atomic E-state index is -0.375. The van der Waals surface area contributed by atoms with Gasteiger partial charge in [-0.3, -0.25) is 0 Å². The number of benzene rings is 2. The quantitative estimate of drug-likeness (QED) is 0.531. The minimum absolute atomic E-state index is 0.100. The van der Waals surface area contributed by atoms with Crippen molar-refractivity contribution in [1.29, 1.82) is 0 Å². The number of hydrogen-bond acceptors (Lipinski definition) is 6. The summed E-state index contributed by atoms with van der Waals surface area (Å²) in [5.74, 6) is -0.375. The van der Waals surface area contributed by atoms with Crippen LogP contribution in [0, 0.1) is 6.92 Å². The summed E-state index contributed by atoms with van der Waals surface area (Å²) in [6.07, 6.45) is 0. The molecule has 0 spiro atoms. The zero-order valence-electron chi connectivity index (χ0n) is 12.9. The molecule has 2 heterocycles. The molecule has 0 fully saturated rings. The fraction of sp³-hybridized carbons (Fsp3) is 0.111. The lowest BCUT2D eigenvalue weighted by atomic mass is 10.2. The van der Waals surface area contributed by atoms with Crippen LogP contribution in [-0.2, 0) is 11.3 Å². The van der Waals surface area contributed by atoms with E-state index in [1.165, 1.54) is 11.3 Å². The standard InChI is InChI=1S/C18H13N3O2S/c1-11-16(21-14-5-3-2-4-13(14)20-11)9-23-18(22)12-6-7-15-17(8-12)24-10-19-15/h2-8,10H,9H2,1H3. The second-order valence-electron chi connectivity index (χ2n) is 5.36. The largest absolute Gasteiger partial charge is 0.456 e. The van der Waals surface area contributed by atoms with Crippen molar-refractivity contribution < 1.29 is 9.53 Å². The normalized spacial score (nSPS) is 11.0. The first-order valence-corrected chi connectivity index (χ1v) is 8.31. The Morgan fingerprint density at radius 1 is 1.08 bits per heavy atom. The van der Waals surface area contributed by atoms with Crippen LogP contribution in [0.4, 0.5) is 0 Å². The molecule has 0 unspecified atom stereocenters. The average Bonchev–Trinajstić information content (AvgIpc) is 3.07. The lowest BCUT2D eigenvalue weighted by Gasteiger charge is -2.08. The number of aromatic nitrogens is 3. The van der Waals surface area contributed by atoms with Gasteiger partial charge in [-0.15, -0.1) is 11.3 Å². The third kappa shape index (κ3) is 2.72. The van der Waals surface area contributed by atoms with Gasteiger partial charge in [0.1, 0.15) is 6.61 Å². The number of rotatable bonds is 3. The fourth-order valence-corrected chi connectivity index (χ4v) is 3.18. The lowest BCUT2D eigenvalue weighted by Crippen LogP contribution is -2.08. The highest BCUT2D eigenvalue weighted by Gasteiger charge is 2.12. The van der Waals surface area contributed by atoms with Gasteiger partial charge in [-0.25, -0.2) is 19.7 Å². The Balaban J connectivity index is 1.55. The third-order valence-corrected chi connectivity index (χ3v) is 4.54. The van der Waals surface area contributed by atoms with E-state index in [1.807, 2.05) is 37.3 Å². The van der Waals surface area contributed by atoms with Gasteiger partial charge in [0.05, 0.1) is 43.7 Å². The smallest absolute Gasteiger partial charge is 0.338 e. The molecule has 0 radical (unpaired) electrons. The first kappa shape index (κ1) is 14.7. The number of hydrogen-bond donors (Lipinski definition) is 0. The molecular formula is C18H13N3O2S. The van der Waals surface area contributed by atoms with Crippen LogP contribution in [0.5, 0.6) is 0 Å². The Morgan fingerprint density at radius 2 is 1.88 bits per heavy atom. The van der Waals surface area contributed by atoms with Crippen molar-refractivity contribution in [1.82, 2.24) is 15.0 Å². The van der Waals surface area contributed by atoms with Crippen LogP contribution in [0.25, 0.3) is 21.3 Å². The average molecular weight is 335 g/mol. The van der Waals surface area contributed by atoms with Crippen molar-refractivity contribution in [3.63, 3.8) is 0 Å². The molecule has 0 aliphatic heterocycles. The molecule has 118 valence electrons. The molecule has 2 aromatic heterocycles. The summed E-state index contributed by atoms with van der Waals surface area (Å²) in [6, 6.07) is 13.0. The van der Waals surface area contributed by atoms with Gasteiger partial charge in [-0.2, -0.15) is 0 Å². The molecule has 0 N–H and O–H groups in total. The molecule has 0 saturated heterocycles. The number of carbonyl (C=O) groups excluding carboxylic acids is 1. The second-order valence-corrected chi connectivity index (χ2v) is 6.24. The van der Waals surface area contributed by atoms with Crippen molar-refractivity contribution in [2.24, 2.45) is 0 Å². The maximum Gasteiger partial charge on any atom is 0.338 e. The van der Waals surface area contributed by atoms with Crippen LogP contribution >= 0.6 is 11.3 Å². The molecule has 6 heteroatoms. The number of para-hydroxylation sites is 2. The molecule has 4 rings (SSSR count). The number of nitrogens with zero attached hydrogens (tertiary/aromatic N) is 3. The van der Waals surface area contributed by atoms with Gasteiger partial charge in [-0.1, -0.05) is 12.1 Å². The number of aryl methyl sites for hydroxylation is 1. The SMILES string of the molecule is Cc1nc2ccccc2nc1COC(=O)c1ccc2ncsc2c1. The molecule has 0 atom stereocenters. The van der Waals surface area contributed by atoms with Crippen LogP contribution in [0.15, 0.2) is 48.0 Å². The first-order chi connectivity index (χ1) is 11.7. The van der Waals surface area contributed by atoms with Gasteiger partial charge in [0.15, 0.2) is 0 Å². The van der Waals surface area contributed by atoms with Crippen molar-refractivity contribution >= 4 is 38.6 Å². The predicted octanol–water partition coefficient (Wildman–Crippen LogP) is 3.90. The number of fused-ring (bicyclic) bond motifs is 2. The van der Waals surface area contributed by atoms with E-state index in [4.69, 9.17) is 4.74 Å². The number of carbonyl (C=O) groups is 1. The number of ether oxygens (including phenoxy) is 1. The van der Waals surface area contributed by atoms with E-state index < -0.39 is 0 Å². The van der Waals surface area contributed by atoms with Crippen LogP contribution in [0.3, 0.4) is 0 Å². The zero-order valence-corrected chi connectivity index (χ0v) is 13.7.